The van der Waals surface area contributed by atoms with Crippen LogP contribution >= 0.6 is 11.8 Å². The Bertz CT molecular complexity index is 988. The van der Waals surface area contributed by atoms with Crippen LogP contribution in [-0.2, 0) is 13.5 Å². The van der Waals surface area contributed by atoms with Crippen LogP contribution in [0.15, 0.2) is 40.6 Å². The molecule has 140 valence electrons. The molecule has 1 amide bonds. The number of benzene rings is 1. The zero-order valence-corrected chi connectivity index (χ0v) is 16.5. The van der Waals surface area contributed by atoms with Crippen LogP contribution in [0.1, 0.15) is 46.0 Å². The molecular weight excluding hydrogens is 362 g/mol. The lowest BCUT2D eigenvalue weighted by Crippen LogP contribution is -2.14. The molecule has 1 aromatic carbocycles. The van der Waals surface area contributed by atoms with Gasteiger partial charge >= 0.3 is 0 Å². The smallest absolute Gasteiger partial charge is 0.272 e. The van der Waals surface area contributed by atoms with Crippen molar-refractivity contribution in [3.8, 4) is 0 Å². The van der Waals surface area contributed by atoms with Crippen molar-refractivity contribution in [3.63, 3.8) is 0 Å². The van der Waals surface area contributed by atoms with E-state index in [0.29, 0.717) is 23.4 Å². The molecule has 0 saturated heterocycles. The molecule has 0 saturated carbocycles. The Morgan fingerprint density at radius 1 is 1.26 bits per heavy atom. The van der Waals surface area contributed by atoms with Crippen LogP contribution in [0.5, 0.6) is 0 Å². The fourth-order valence-corrected chi connectivity index (χ4v) is 3.73. The van der Waals surface area contributed by atoms with E-state index in [-0.39, 0.29) is 11.7 Å². The molecule has 0 aliphatic rings. The number of hydrogen-bond acceptors (Lipinski definition) is 5. The first-order valence-electron chi connectivity index (χ1n) is 8.56. The first kappa shape index (κ1) is 18.9. The van der Waals surface area contributed by atoms with Crippen LogP contribution in [0.3, 0.4) is 0 Å². The van der Waals surface area contributed by atoms with Crippen LogP contribution < -0.4 is 5.32 Å². The van der Waals surface area contributed by atoms with E-state index in [0.717, 1.165) is 21.3 Å². The van der Waals surface area contributed by atoms with E-state index in [1.165, 1.54) is 18.7 Å². The van der Waals surface area contributed by atoms with Crippen molar-refractivity contribution < 1.29 is 9.59 Å². The van der Waals surface area contributed by atoms with Gasteiger partial charge in [0.2, 0.25) is 0 Å². The standard InChI is InChI=1S/C19H21N5O2S/c1-5-15-16(12(3)25)11(2)21-17(15)18(26)22-13-6-8-14(9-7-13)27-19-23-20-10-24(19)4/h6-10,21H,5H2,1-4H3,(H,22,26). The number of H-pyrrole nitrogens is 1. The maximum Gasteiger partial charge on any atom is 0.272 e. The zero-order chi connectivity index (χ0) is 19.6. The van der Waals surface area contributed by atoms with Crippen LogP contribution in [0.4, 0.5) is 5.69 Å². The maximum absolute atomic E-state index is 12.7. The van der Waals surface area contributed by atoms with Gasteiger partial charge in [0, 0.05) is 28.9 Å². The topological polar surface area (TPSA) is 92.7 Å². The molecule has 0 unspecified atom stereocenters. The minimum Gasteiger partial charge on any atom is -0.354 e. The Hall–Kier alpha value is -2.87. The summed E-state index contributed by atoms with van der Waals surface area (Å²) in [7, 11) is 1.88. The number of nitrogens with zero attached hydrogens (tertiary/aromatic N) is 3. The SMILES string of the molecule is CCc1c(C(=O)Nc2ccc(Sc3nncn3C)cc2)[nH]c(C)c1C(C)=O. The lowest BCUT2D eigenvalue weighted by atomic mass is 10.0. The number of Topliss-reactive ketones (excluding diaryl/α,β-unsaturated/α-hetero) is 1. The van der Waals surface area contributed by atoms with Crippen molar-refractivity contribution in [1.29, 1.82) is 0 Å². The maximum atomic E-state index is 12.7. The largest absolute Gasteiger partial charge is 0.354 e. The predicted octanol–water partition coefficient (Wildman–Crippen LogP) is 3.62. The fourth-order valence-electron chi connectivity index (χ4n) is 2.97. The van der Waals surface area contributed by atoms with Gasteiger partial charge in [-0.25, -0.2) is 0 Å². The average Bonchev–Trinajstić information content (AvgIpc) is 3.19. The van der Waals surface area contributed by atoms with Crippen molar-refractivity contribution >= 4 is 29.1 Å². The summed E-state index contributed by atoms with van der Waals surface area (Å²) in [4.78, 5) is 28.6. The highest BCUT2D eigenvalue weighted by atomic mass is 32.2. The molecule has 8 heteroatoms. The van der Waals surface area contributed by atoms with E-state index >= 15 is 0 Å². The predicted molar refractivity (Wildman–Crippen MR) is 104 cm³/mol. The summed E-state index contributed by atoms with van der Waals surface area (Å²) in [6, 6.07) is 7.50. The Balaban J connectivity index is 1.76. The third-order valence-corrected chi connectivity index (χ3v) is 5.27. The molecule has 7 nitrogen and oxygen atoms in total. The molecule has 0 bridgehead atoms. The molecular formula is C19H21N5O2S. The number of carbonyl (C=O) groups is 2. The molecule has 3 rings (SSSR count). The van der Waals surface area contributed by atoms with Gasteiger partial charge in [-0.05, 0) is 61.9 Å². The molecule has 2 aromatic heterocycles. The van der Waals surface area contributed by atoms with Gasteiger partial charge in [-0.15, -0.1) is 10.2 Å². The Labute approximate surface area is 161 Å². The summed E-state index contributed by atoms with van der Waals surface area (Å²) in [5.74, 6) is -0.291. The minimum atomic E-state index is -0.254. The Morgan fingerprint density at radius 3 is 2.52 bits per heavy atom. The van der Waals surface area contributed by atoms with Crippen molar-refractivity contribution in [3.05, 3.63) is 53.1 Å². The van der Waals surface area contributed by atoms with Gasteiger partial charge in [0.25, 0.3) is 5.91 Å². The zero-order valence-electron chi connectivity index (χ0n) is 15.7. The van der Waals surface area contributed by atoms with Crippen LogP contribution in [0.25, 0.3) is 0 Å². The molecule has 2 N–H and O–H groups in total. The quantitative estimate of drug-likeness (QED) is 0.634. The summed E-state index contributed by atoms with van der Waals surface area (Å²) in [5.41, 5.74) is 3.21. The average molecular weight is 383 g/mol. The van der Waals surface area contributed by atoms with Crippen molar-refractivity contribution in [2.45, 2.75) is 37.2 Å². The molecule has 3 aromatic rings. The van der Waals surface area contributed by atoms with Crippen LogP contribution in [-0.4, -0.2) is 31.4 Å². The molecule has 0 aliphatic heterocycles. The van der Waals surface area contributed by atoms with E-state index in [2.05, 4.69) is 20.5 Å². The highest BCUT2D eigenvalue weighted by Gasteiger charge is 2.21. The molecule has 0 aliphatic carbocycles. The van der Waals surface area contributed by atoms with Gasteiger partial charge in [-0.1, -0.05) is 6.92 Å². The number of ketones is 1. The summed E-state index contributed by atoms with van der Waals surface area (Å²) in [5, 5.41) is 11.6. The van der Waals surface area contributed by atoms with Crippen molar-refractivity contribution in [2.75, 3.05) is 5.32 Å². The van der Waals surface area contributed by atoms with Crippen molar-refractivity contribution in [2.24, 2.45) is 7.05 Å². The van der Waals surface area contributed by atoms with Gasteiger partial charge in [0.1, 0.15) is 12.0 Å². The first-order valence-corrected chi connectivity index (χ1v) is 9.38. The summed E-state index contributed by atoms with van der Waals surface area (Å²) < 4.78 is 1.84. The van der Waals surface area contributed by atoms with Gasteiger partial charge in [0.05, 0.1) is 0 Å². The summed E-state index contributed by atoms with van der Waals surface area (Å²) >= 11 is 1.49. The third-order valence-electron chi connectivity index (χ3n) is 4.21. The number of amides is 1. The Morgan fingerprint density at radius 2 is 1.96 bits per heavy atom. The first-order chi connectivity index (χ1) is 12.9. The number of aryl methyl sites for hydroxylation is 2. The van der Waals surface area contributed by atoms with Crippen LogP contribution in [0.2, 0.25) is 0 Å². The number of aromatic nitrogens is 4. The van der Waals surface area contributed by atoms with Gasteiger partial charge in [-0.2, -0.15) is 0 Å². The molecule has 0 fully saturated rings. The highest BCUT2D eigenvalue weighted by molar-refractivity contribution is 7.99. The van der Waals surface area contributed by atoms with Gasteiger partial charge in [0.15, 0.2) is 10.9 Å². The second-order valence-electron chi connectivity index (χ2n) is 6.19. The number of hydrogen-bond donors (Lipinski definition) is 2. The van der Waals surface area contributed by atoms with E-state index in [9.17, 15) is 9.59 Å². The molecule has 27 heavy (non-hydrogen) atoms. The lowest BCUT2D eigenvalue weighted by Gasteiger charge is -2.07. The molecule has 0 spiro atoms. The second-order valence-corrected chi connectivity index (χ2v) is 7.23. The summed E-state index contributed by atoms with van der Waals surface area (Å²) in [6.07, 6.45) is 2.26. The third kappa shape index (κ3) is 3.95. The van der Waals surface area contributed by atoms with E-state index in [1.54, 1.807) is 6.33 Å². The van der Waals surface area contributed by atoms with E-state index in [1.807, 2.05) is 49.7 Å². The van der Waals surface area contributed by atoms with Gasteiger partial charge < -0.3 is 14.9 Å². The normalized spacial score (nSPS) is 10.8. The molecule has 0 atom stereocenters. The highest BCUT2D eigenvalue weighted by Crippen LogP contribution is 2.27. The fraction of sp³-hybridized carbons (Fsp3) is 0.263. The van der Waals surface area contributed by atoms with Crippen LogP contribution in [0, 0.1) is 6.92 Å². The van der Waals surface area contributed by atoms with E-state index in [4.69, 9.17) is 0 Å². The second kappa shape index (κ2) is 7.79. The lowest BCUT2D eigenvalue weighted by molar-refractivity contribution is 0.101. The molecule has 2 heterocycles. The Kier molecular flexibility index (Phi) is 5.46. The summed E-state index contributed by atoms with van der Waals surface area (Å²) in [6.45, 7) is 5.26. The number of aromatic amines is 1. The molecule has 0 radical (unpaired) electrons. The van der Waals surface area contributed by atoms with E-state index < -0.39 is 0 Å². The number of nitrogens with one attached hydrogen (secondary N) is 2. The minimum absolute atomic E-state index is 0.0372. The van der Waals surface area contributed by atoms with Crippen molar-refractivity contribution in [1.82, 2.24) is 19.7 Å². The van der Waals surface area contributed by atoms with Gasteiger partial charge in [-0.3, -0.25) is 9.59 Å². The monoisotopic (exact) mass is 383 g/mol. The number of anilines is 1. The number of carbonyl (C=O) groups excluding carboxylic acids is 2. The number of rotatable bonds is 6.